The van der Waals surface area contributed by atoms with E-state index in [1.807, 2.05) is 6.08 Å². The van der Waals surface area contributed by atoms with Gasteiger partial charge in [-0.15, -0.1) is 0 Å². The van der Waals surface area contributed by atoms with Gasteiger partial charge in [-0.05, 0) is 6.07 Å². The van der Waals surface area contributed by atoms with Gasteiger partial charge in [0, 0.05) is 17.5 Å². The van der Waals surface area contributed by atoms with E-state index >= 15 is 0 Å². The van der Waals surface area contributed by atoms with Crippen molar-refractivity contribution in [1.29, 1.82) is 0 Å². The first kappa shape index (κ1) is 11.6. The molecule has 5 heteroatoms. The van der Waals surface area contributed by atoms with Crippen molar-refractivity contribution in [1.82, 2.24) is 4.98 Å². The molecule has 2 N–H and O–H groups in total. The molecule has 1 heterocycles. The third-order valence-electron chi connectivity index (χ3n) is 1.77. The third kappa shape index (κ3) is 2.99. The largest absolute Gasteiger partial charge is 0.465 e. The smallest absolute Gasteiger partial charge is 0.339 e. The topological polar surface area (TPSA) is 65.2 Å². The molecule has 0 fully saturated rings. The van der Waals surface area contributed by atoms with E-state index in [0.29, 0.717) is 22.7 Å². The highest BCUT2D eigenvalue weighted by Gasteiger charge is 2.07. The molecule has 0 aliphatic heterocycles. The normalized spacial score (nSPS) is 10.5. The second-order valence-electron chi connectivity index (χ2n) is 2.77. The maximum absolute atomic E-state index is 11.2. The number of esters is 1. The number of nitrogen functional groups attached to an aromatic ring is 1. The van der Waals surface area contributed by atoms with Gasteiger partial charge in [0.25, 0.3) is 0 Å². The van der Waals surface area contributed by atoms with Crippen LogP contribution in [0.4, 0.5) is 5.82 Å². The molecule has 0 aliphatic carbocycles. The first-order chi connectivity index (χ1) is 7.19. The molecule has 0 atom stereocenters. The van der Waals surface area contributed by atoms with Crippen molar-refractivity contribution in [2.45, 2.75) is 0 Å². The van der Waals surface area contributed by atoms with Crippen LogP contribution in [0.2, 0.25) is 0 Å². The zero-order chi connectivity index (χ0) is 11.3. The summed E-state index contributed by atoms with van der Waals surface area (Å²) in [6.45, 7) is 0. The molecular formula is C10H12N2O2S. The molecule has 4 nitrogen and oxygen atoms in total. The van der Waals surface area contributed by atoms with Crippen LogP contribution in [-0.4, -0.2) is 23.8 Å². The van der Waals surface area contributed by atoms with Crippen LogP contribution in [0.15, 0.2) is 18.3 Å². The number of carbonyl (C=O) groups is 1. The first-order valence-electron chi connectivity index (χ1n) is 4.30. The van der Waals surface area contributed by atoms with E-state index in [2.05, 4.69) is 22.3 Å². The Bertz CT molecular complexity index is 391. The molecule has 0 radical (unpaired) electrons. The summed E-state index contributed by atoms with van der Waals surface area (Å²) >= 11 is 4.03. The number of anilines is 1. The zero-order valence-electron chi connectivity index (χ0n) is 8.30. The molecule has 15 heavy (non-hydrogen) atoms. The van der Waals surface area contributed by atoms with Crippen molar-refractivity contribution in [2.24, 2.45) is 0 Å². The predicted molar refractivity (Wildman–Crippen MR) is 62.9 cm³/mol. The summed E-state index contributed by atoms with van der Waals surface area (Å²) in [6.07, 6.45) is 4.97. The van der Waals surface area contributed by atoms with E-state index < -0.39 is 5.97 Å². The van der Waals surface area contributed by atoms with Gasteiger partial charge in [-0.25, -0.2) is 9.78 Å². The van der Waals surface area contributed by atoms with Gasteiger partial charge in [-0.3, -0.25) is 0 Å². The molecule has 0 aromatic carbocycles. The molecule has 0 saturated carbocycles. The summed E-state index contributed by atoms with van der Waals surface area (Å²) in [5.41, 5.74) is 6.70. The average Bonchev–Trinajstić information content (AvgIpc) is 2.27. The Balaban J connectivity index is 3.05. The fourth-order valence-corrected chi connectivity index (χ4v) is 1.14. The Morgan fingerprint density at radius 2 is 2.47 bits per heavy atom. The van der Waals surface area contributed by atoms with Crippen LogP contribution in [0.3, 0.4) is 0 Å². The summed E-state index contributed by atoms with van der Waals surface area (Å²) in [5.74, 6) is 0.547. The van der Waals surface area contributed by atoms with Gasteiger partial charge >= 0.3 is 5.97 Å². The minimum atomic E-state index is -0.428. The fraction of sp³-hybridized carbons (Fsp3) is 0.200. The molecular weight excluding hydrogens is 212 g/mol. The van der Waals surface area contributed by atoms with Crippen LogP contribution in [0.5, 0.6) is 0 Å². The minimum Gasteiger partial charge on any atom is -0.465 e. The van der Waals surface area contributed by atoms with Gasteiger partial charge in [0.1, 0.15) is 5.82 Å². The number of methoxy groups -OCH3 is 1. The van der Waals surface area contributed by atoms with Gasteiger partial charge in [-0.2, -0.15) is 12.6 Å². The number of hydrogen-bond donors (Lipinski definition) is 2. The van der Waals surface area contributed by atoms with Crippen LogP contribution in [-0.2, 0) is 4.74 Å². The molecule has 0 spiro atoms. The number of pyridine rings is 1. The number of thiol groups is 1. The lowest BCUT2D eigenvalue weighted by atomic mass is 10.2. The molecule has 1 aromatic heterocycles. The van der Waals surface area contributed by atoms with E-state index in [0.717, 1.165) is 0 Å². The van der Waals surface area contributed by atoms with Gasteiger partial charge in [0.15, 0.2) is 0 Å². The number of carbonyl (C=O) groups excluding carboxylic acids is 1. The highest BCUT2D eigenvalue weighted by Crippen LogP contribution is 2.13. The molecule has 1 rings (SSSR count). The van der Waals surface area contributed by atoms with E-state index in [4.69, 9.17) is 5.73 Å². The van der Waals surface area contributed by atoms with Crippen molar-refractivity contribution < 1.29 is 9.53 Å². The monoisotopic (exact) mass is 224 g/mol. The number of hydrogen-bond acceptors (Lipinski definition) is 5. The van der Waals surface area contributed by atoms with Crippen LogP contribution in [0, 0.1) is 0 Å². The number of ether oxygens (including phenoxy) is 1. The van der Waals surface area contributed by atoms with E-state index in [1.165, 1.54) is 13.3 Å². The number of rotatable bonds is 3. The van der Waals surface area contributed by atoms with E-state index in [-0.39, 0.29) is 0 Å². The SMILES string of the molecule is COC(=O)c1cnc(N)c(C=CCS)c1. The van der Waals surface area contributed by atoms with Gasteiger partial charge in [0.05, 0.1) is 12.7 Å². The molecule has 80 valence electrons. The zero-order valence-corrected chi connectivity index (χ0v) is 9.20. The van der Waals surface area contributed by atoms with Crippen molar-refractivity contribution >= 4 is 30.5 Å². The average molecular weight is 224 g/mol. The molecule has 0 aliphatic rings. The standard InChI is InChI=1S/C10H12N2O2S/c1-14-10(13)8-5-7(3-2-4-15)9(11)12-6-8/h2-3,5-6,15H,4H2,1H3,(H2,11,12). The number of nitrogens with zero attached hydrogens (tertiary/aromatic N) is 1. The Labute approximate surface area is 93.6 Å². The maximum Gasteiger partial charge on any atom is 0.339 e. The van der Waals surface area contributed by atoms with Gasteiger partial charge in [0.2, 0.25) is 0 Å². The third-order valence-corrected chi connectivity index (χ3v) is 1.98. The van der Waals surface area contributed by atoms with Crippen LogP contribution >= 0.6 is 12.6 Å². The Kier molecular flexibility index (Phi) is 4.17. The lowest BCUT2D eigenvalue weighted by molar-refractivity contribution is 0.0600. The Morgan fingerprint density at radius 1 is 1.73 bits per heavy atom. The lowest BCUT2D eigenvalue weighted by Crippen LogP contribution is -2.04. The second-order valence-corrected chi connectivity index (χ2v) is 3.14. The van der Waals surface area contributed by atoms with E-state index in [9.17, 15) is 4.79 Å². The number of nitrogens with two attached hydrogens (primary N) is 1. The summed E-state index contributed by atoms with van der Waals surface area (Å²) < 4.78 is 4.58. The Hall–Kier alpha value is -1.49. The van der Waals surface area contributed by atoms with Gasteiger partial charge < -0.3 is 10.5 Å². The molecule has 0 bridgehead atoms. The van der Waals surface area contributed by atoms with Crippen molar-refractivity contribution in [3.05, 3.63) is 29.5 Å². The summed E-state index contributed by atoms with van der Waals surface area (Å²) in [5, 5.41) is 0. The van der Waals surface area contributed by atoms with Crippen molar-refractivity contribution in [3.63, 3.8) is 0 Å². The summed E-state index contributed by atoms with van der Waals surface area (Å²) in [4.78, 5) is 15.1. The highest BCUT2D eigenvalue weighted by molar-refractivity contribution is 7.80. The van der Waals surface area contributed by atoms with Crippen LogP contribution in [0.25, 0.3) is 6.08 Å². The molecule has 0 amide bonds. The van der Waals surface area contributed by atoms with E-state index in [1.54, 1.807) is 12.1 Å². The fourth-order valence-electron chi connectivity index (χ4n) is 1.04. The first-order valence-corrected chi connectivity index (χ1v) is 4.93. The second kappa shape index (κ2) is 5.41. The van der Waals surface area contributed by atoms with Crippen LogP contribution in [0.1, 0.15) is 15.9 Å². The maximum atomic E-state index is 11.2. The summed E-state index contributed by atoms with van der Waals surface area (Å²) in [6, 6.07) is 1.63. The molecule has 0 saturated heterocycles. The van der Waals surface area contributed by atoms with Crippen LogP contribution < -0.4 is 5.73 Å². The van der Waals surface area contributed by atoms with Crippen molar-refractivity contribution in [2.75, 3.05) is 18.6 Å². The highest BCUT2D eigenvalue weighted by atomic mass is 32.1. The minimum absolute atomic E-state index is 0.376. The molecule has 1 aromatic rings. The molecule has 0 unspecified atom stereocenters. The lowest BCUT2D eigenvalue weighted by Gasteiger charge is -2.02. The summed E-state index contributed by atoms with van der Waals surface area (Å²) in [7, 11) is 1.32. The van der Waals surface area contributed by atoms with Gasteiger partial charge in [-0.1, -0.05) is 12.2 Å². The Morgan fingerprint density at radius 3 is 3.07 bits per heavy atom. The predicted octanol–water partition coefficient (Wildman–Crippen LogP) is 1.39. The van der Waals surface area contributed by atoms with Crippen molar-refractivity contribution in [3.8, 4) is 0 Å². The quantitative estimate of drug-likeness (QED) is 0.601. The number of aromatic nitrogens is 1.